The lowest BCUT2D eigenvalue weighted by Gasteiger charge is -2.37. The Labute approximate surface area is 202 Å². The van der Waals surface area contributed by atoms with Crippen LogP contribution in [-0.4, -0.2) is 41.6 Å². The fourth-order valence-corrected chi connectivity index (χ4v) is 5.16. The van der Waals surface area contributed by atoms with Crippen molar-refractivity contribution < 1.29 is 4.79 Å². The van der Waals surface area contributed by atoms with Crippen LogP contribution in [-0.2, 0) is 6.54 Å². The molecule has 0 atom stereocenters. The van der Waals surface area contributed by atoms with E-state index in [4.69, 9.17) is 0 Å². The average Bonchev–Trinajstić information content (AvgIpc) is 3.10. The highest BCUT2D eigenvalue weighted by molar-refractivity contribution is 5.99. The van der Waals surface area contributed by atoms with Gasteiger partial charge in [-0.1, -0.05) is 42.5 Å². The summed E-state index contributed by atoms with van der Waals surface area (Å²) in [7, 11) is 0. The quantitative estimate of drug-likeness (QED) is 0.387. The van der Waals surface area contributed by atoms with Crippen molar-refractivity contribution in [2.45, 2.75) is 34.2 Å². The Morgan fingerprint density at radius 1 is 0.794 bits per heavy atom. The van der Waals surface area contributed by atoms with Gasteiger partial charge in [0.2, 0.25) is 0 Å². The lowest BCUT2D eigenvalue weighted by molar-refractivity contribution is 0.0747. The minimum Gasteiger partial charge on any atom is -0.368 e. The number of carbonyl (C=O) groups is 1. The number of hydrogen-bond acceptors (Lipinski definition) is 2. The van der Waals surface area contributed by atoms with E-state index in [0.717, 1.165) is 38.3 Å². The first-order chi connectivity index (χ1) is 16.4. The van der Waals surface area contributed by atoms with E-state index in [2.05, 4.69) is 97.8 Å². The predicted molar refractivity (Wildman–Crippen MR) is 141 cm³/mol. The van der Waals surface area contributed by atoms with Gasteiger partial charge in [0.15, 0.2) is 0 Å². The van der Waals surface area contributed by atoms with Crippen molar-refractivity contribution in [3.8, 4) is 0 Å². The minimum absolute atomic E-state index is 0.135. The van der Waals surface area contributed by atoms with Gasteiger partial charge >= 0.3 is 0 Å². The van der Waals surface area contributed by atoms with E-state index in [1.165, 1.54) is 44.5 Å². The number of aryl methyl sites for hydroxylation is 2. The van der Waals surface area contributed by atoms with E-state index >= 15 is 0 Å². The number of benzene rings is 3. The Morgan fingerprint density at radius 2 is 1.53 bits per heavy atom. The van der Waals surface area contributed by atoms with E-state index in [0.29, 0.717) is 0 Å². The summed E-state index contributed by atoms with van der Waals surface area (Å²) in [5.41, 5.74) is 9.70. The molecule has 1 aliphatic rings. The van der Waals surface area contributed by atoms with E-state index in [1.54, 1.807) is 0 Å². The van der Waals surface area contributed by atoms with Gasteiger partial charge in [-0.05, 0) is 74.2 Å². The van der Waals surface area contributed by atoms with Crippen LogP contribution >= 0.6 is 0 Å². The highest BCUT2D eigenvalue weighted by Gasteiger charge is 2.24. The topological polar surface area (TPSA) is 28.5 Å². The second kappa shape index (κ2) is 9.02. The van der Waals surface area contributed by atoms with Crippen LogP contribution in [0.5, 0.6) is 0 Å². The van der Waals surface area contributed by atoms with Crippen LogP contribution in [0.4, 0.5) is 5.69 Å². The van der Waals surface area contributed by atoms with Gasteiger partial charge in [-0.15, -0.1) is 0 Å². The Morgan fingerprint density at radius 3 is 2.26 bits per heavy atom. The monoisotopic (exact) mass is 451 g/mol. The zero-order chi connectivity index (χ0) is 23.8. The van der Waals surface area contributed by atoms with Crippen molar-refractivity contribution in [2.24, 2.45) is 0 Å². The maximum absolute atomic E-state index is 13.4. The Bertz CT molecular complexity index is 1340. The van der Waals surface area contributed by atoms with Crippen LogP contribution in [0.15, 0.2) is 66.7 Å². The summed E-state index contributed by atoms with van der Waals surface area (Å²) in [5.74, 6) is 0.135. The number of piperazine rings is 1. The molecule has 1 saturated heterocycles. The highest BCUT2D eigenvalue weighted by Crippen LogP contribution is 2.28. The molecule has 0 radical (unpaired) electrons. The molecule has 0 bridgehead atoms. The van der Waals surface area contributed by atoms with Gasteiger partial charge in [-0.25, -0.2) is 0 Å². The molecular weight excluding hydrogens is 418 g/mol. The second-order valence-corrected chi connectivity index (χ2v) is 9.51. The molecule has 5 rings (SSSR count). The first-order valence-corrected chi connectivity index (χ1v) is 12.2. The van der Waals surface area contributed by atoms with Gasteiger partial charge in [0.1, 0.15) is 0 Å². The number of nitrogens with zero attached hydrogens (tertiary/aromatic N) is 3. The van der Waals surface area contributed by atoms with Crippen molar-refractivity contribution in [1.29, 1.82) is 0 Å². The van der Waals surface area contributed by atoms with Gasteiger partial charge in [-0.2, -0.15) is 0 Å². The summed E-state index contributed by atoms with van der Waals surface area (Å²) in [4.78, 5) is 17.8. The largest absolute Gasteiger partial charge is 0.368 e. The van der Waals surface area contributed by atoms with Crippen LogP contribution in [0, 0.1) is 27.7 Å². The summed E-state index contributed by atoms with van der Waals surface area (Å²) >= 11 is 0. The first kappa shape index (κ1) is 22.3. The molecule has 4 nitrogen and oxygen atoms in total. The van der Waals surface area contributed by atoms with Gasteiger partial charge in [0, 0.05) is 60.6 Å². The van der Waals surface area contributed by atoms with Crippen molar-refractivity contribution in [3.05, 3.63) is 100 Å². The van der Waals surface area contributed by atoms with E-state index in [9.17, 15) is 4.79 Å². The third-order valence-corrected chi connectivity index (χ3v) is 7.55. The van der Waals surface area contributed by atoms with Crippen LogP contribution in [0.25, 0.3) is 10.9 Å². The third-order valence-electron chi connectivity index (χ3n) is 7.55. The molecule has 4 heteroatoms. The zero-order valence-electron chi connectivity index (χ0n) is 20.6. The molecule has 0 saturated carbocycles. The van der Waals surface area contributed by atoms with Gasteiger partial charge in [-0.3, -0.25) is 4.79 Å². The zero-order valence-corrected chi connectivity index (χ0v) is 20.6. The smallest absolute Gasteiger partial charge is 0.253 e. The molecule has 0 spiro atoms. The van der Waals surface area contributed by atoms with E-state index in [1.807, 2.05) is 11.0 Å². The normalized spacial score (nSPS) is 14.1. The van der Waals surface area contributed by atoms with Crippen molar-refractivity contribution in [1.82, 2.24) is 9.47 Å². The fraction of sp³-hybridized carbons (Fsp3) is 0.300. The van der Waals surface area contributed by atoms with E-state index < -0.39 is 0 Å². The molecule has 2 heterocycles. The van der Waals surface area contributed by atoms with Crippen LogP contribution in [0.2, 0.25) is 0 Å². The number of amides is 1. The maximum atomic E-state index is 13.4. The molecule has 0 N–H and O–H groups in total. The number of hydrogen-bond donors (Lipinski definition) is 0. The maximum Gasteiger partial charge on any atom is 0.253 e. The molecule has 1 aliphatic heterocycles. The molecule has 3 aromatic carbocycles. The van der Waals surface area contributed by atoms with Crippen molar-refractivity contribution >= 4 is 22.5 Å². The third kappa shape index (κ3) is 3.98. The van der Waals surface area contributed by atoms with Crippen LogP contribution in [0.3, 0.4) is 0 Å². The molecule has 0 unspecified atom stereocenters. The molecule has 1 amide bonds. The number of carbonyl (C=O) groups excluding carboxylic acids is 1. The first-order valence-electron chi connectivity index (χ1n) is 12.2. The van der Waals surface area contributed by atoms with E-state index in [-0.39, 0.29) is 5.91 Å². The van der Waals surface area contributed by atoms with Crippen molar-refractivity contribution in [3.63, 3.8) is 0 Å². The predicted octanol–water partition coefficient (Wildman–Crippen LogP) is 5.89. The molecule has 0 aliphatic carbocycles. The molecule has 1 aromatic heterocycles. The lowest BCUT2D eigenvalue weighted by atomic mass is 10.1. The Kier molecular flexibility index (Phi) is 5.91. The molecule has 4 aromatic rings. The lowest BCUT2D eigenvalue weighted by Crippen LogP contribution is -2.49. The number of anilines is 1. The molecule has 174 valence electrons. The van der Waals surface area contributed by atoms with Crippen molar-refractivity contribution in [2.75, 3.05) is 31.1 Å². The number of fused-ring (bicyclic) bond motifs is 1. The average molecular weight is 452 g/mol. The minimum atomic E-state index is 0.135. The number of rotatable bonds is 4. The number of aromatic nitrogens is 1. The van der Waals surface area contributed by atoms with Crippen LogP contribution in [0.1, 0.15) is 38.3 Å². The summed E-state index contributed by atoms with van der Waals surface area (Å²) in [6.07, 6.45) is 0. The fourth-order valence-electron chi connectivity index (χ4n) is 5.16. The summed E-state index contributed by atoms with van der Waals surface area (Å²) < 4.78 is 2.36. The SMILES string of the molecule is Cc1cccc(N2CCN(C(=O)c3ccc4c(c3)c(C)c(C)n4Cc3ccccc3)CC2)c1C. The van der Waals surface area contributed by atoms with Gasteiger partial charge in [0.25, 0.3) is 5.91 Å². The molecule has 34 heavy (non-hydrogen) atoms. The summed E-state index contributed by atoms with van der Waals surface area (Å²) in [5, 5.41) is 1.17. The standard InChI is InChI=1S/C30H33N3O/c1-21-9-8-12-28(22(21)2)31-15-17-32(18-16-31)30(34)26-13-14-29-27(19-26)23(3)24(4)33(29)20-25-10-6-5-7-11-25/h5-14,19H,15-18,20H2,1-4H3. The van der Waals surface area contributed by atoms with Crippen LogP contribution < -0.4 is 4.90 Å². The molecular formula is C30H33N3O. The van der Waals surface area contributed by atoms with Gasteiger partial charge in [0.05, 0.1) is 0 Å². The second-order valence-electron chi connectivity index (χ2n) is 9.51. The van der Waals surface area contributed by atoms with Gasteiger partial charge < -0.3 is 14.4 Å². The summed E-state index contributed by atoms with van der Waals surface area (Å²) in [6.45, 7) is 12.7. The Hall–Kier alpha value is -3.53. The summed E-state index contributed by atoms with van der Waals surface area (Å²) in [6, 6.07) is 23.2. The highest BCUT2D eigenvalue weighted by atomic mass is 16.2. The molecule has 1 fully saturated rings. The Balaban J connectivity index is 1.35.